The van der Waals surface area contributed by atoms with Crippen molar-refractivity contribution in [1.29, 1.82) is 0 Å². The van der Waals surface area contributed by atoms with Crippen LogP contribution >= 0.6 is 0 Å². The first-order valence-electron chi connectivity index (χ1n) is 3.42. The van der Waals surface area contributed by atoms with Crippen molar-refractivity contribution in [3.63, 3.8) is 0 Å². The summed E-state index contributed by atoms with van der Waals surface area (Å²) in [6, 6.07) is 0. The fraction of sp³-hybridized carbons (Fsp3) is 0.667. The van der Waals surface area contributed by atoms with E-state index in [0.717, 1.165) is 0 Å². The number of rotatable bonds is 2. The van der Waals surface area contributed by atoms with E-state index in [-0.39, 0.29) is 5.48 Å². The second kappa shape index (κ2) is 4.33. The average molecular weight is 210 g/mol. The average Bonchev–Trinajstić information content (AvgIpc) is 2.31. The first-order valence-corrected chi connectivity index (χ1v) is 3.42. The van der Waals surface area contributed by atoms with Crippen LogP contribution in [0.15, 0.2) is 0 Å². The smallest absolute Gasteiger partial charge is 0.338 e. The summed E-state index contributed by atoms with van der Waals surface area (Å²) in [5, 5.41) is 35.0. The van der Waals surface area contributed by atoms with Crippen LogP contribution in [0.3, 0.4) is 0 Å². The van der Waals surface area contributed by atoms with Crippen molar-refractivity contribution >= 4 is 11.9 Å². The van der Waals surface area contributed by atoms with Crippen LogP contribution in [0.2, 0.25) is 0 Å². The molecule has 1 aliphatic rings. The second-order valence-electron chi connectivity index (χ2n) is 2.62. The standard InChI is InChI=1S/C6H8O7.H2O/c7-1-2(8)6(12)13-4(1)3(9)5(10)11;/h1-4,7-9H,(H,10,11);1H2/t1-,2-,3?,4+;/m1./s1. The molecular formula is C6H10O8. The van der Waals surface area contributed by atoms with Gasteiger partial charge >= 0.3 is 11.9 Å². The molecule has 1 unspecified atom stereocenters. The molecule has 14 heavy (non-hydrogen) atoms. The molecule has 1 heterocycles. The summed E-state index contributed by atoms with van der Waals surface area (Å²) < 4.78 is 4.24. The zero-order valence-corrected chi connectivity index (χ0v) is 6.82. The molecule has 1 aliphatic heterocycles. The van der Waals surface area contributed by atoms with E-state index in [0.29, 0.717) is 0 Å². The normalized spacial score (nSPS) is 33.1. The Morgan fingerprint density at radius 2 is 1.93 bits per heavy atom. The fourth-order valence-electron chi connectivity index (χ4n) is 0.984. The Balaban J connectivity index is 0.00000169. The highest BCUT2D eigenvalue weighted by molar-refractivity contribution is 5.80. The van der Waals surface area contributed by atoms with Gasteiger partial charge in [-0.2, -0.15) is 0 Å². The predicted molar refractivity (Wildman–Crippen MR) is 39.2 cm³/mol. The van der Waals surface area contributed by atoms with E-state index < -0.39 is 36.4 Å². The summed E-state index contributed by atoms with van der Waals surface area (Å²) in [5.41, 5.74) is 0. The molecule has 1 fully saturated rings. The van der Waals surface area contributed by atoms with Crippen molar-refractivity contribution in [1.82, 2.24) is 0 Å². The van der Waals surface area contributed by atoms with Crippen LogP contribution in [0.5, 0.6) is 0 Å². The number of hydrogen-bond acceptors (Lipinski definition) is 6. The van der Waals surface area contributed by atoms with Gasteiger partial charge in [-0.3, -0.25) is 0 Å². The lowest BCUT2D eigenvalue weighted by molar-refractivity contribution is -0.161. The van der Waals surface area contributed by atoms with Crippen LogP contribution in [0.25, 0.3) is 0 Å². The van der Waals surface area contributed by atoms with Crippen LogP contribution in [-0.2, 0) is 14.3 Å². The zero-order chi connectivity index (χ0) is 10.2. The van der Waals surface area contributed by atoms with Gasteiger partial charge in [-0.1, -0.05) is 0 Å². The summed E-state index contributed by atoms with van der Waals surface area (Å²) in [4.78, 5) is 20.8. The Morgan fingerprint density at radius 3 is 2.21 bits per heavy atom. The van der Waals surface area contributed by atoms with Gasteiger partial charge in [0.25, 0.3) is 0 Å². The summed E-state index contributed by atoms with van der Waals surface area (Å²) in [6.07, 6.45) is -7.14. The molecule has 8 nitrogen and oxygen atoms in total. The van der Waals surface area contributed by atoms with Gasteiger partial charge < -0.3 is 30.6 Å². The maximum atomic E-state index is 10.6. The van der Waals surface area contributed by atoms with Crippen LogP contribution in [0.1, 0.15) is 0 Å². The number of cyclic esters (lactones) is 1. The first kappa shape index (κ1) is 12.8. The molecular weight excluding hydrogens is 200 g/mol. The second-order valence-corrected chi connectivity index (χ2v) is 2.62. The molecule has 0 aromatic heterocycles. The van der Waals surface area contributed by atoms with Crippen LogP contribution in [-0.4, -0.2) is 62.3 Å². The minimum absolute atomic E-state index is 0. The third-order valence-corrected chi connectivity index (χ3v) is 1.72. The summed E-state index contributed by atoms with van der Waals surface area (Å²) in [7, 11) is 0. The number of aliphatic hydroxyl groups is 3. The van der Waals surface area contributed by atoms with Gasteiger partial charge in [0.1, 0.15) is 6.10 Å². The van der Waals surface area contributed by atoms with E-state index in [2.05, 4.69) is 4.74 Å². The molecule has 0 saturated carbocycles. The highest BCUT2D eigenvalue weighted by atomic mass is 16.6. The van der Waals surface area contributed by atoms with Gasteiger partial charge in [0.15, 0.2) is 18.3 Å². The maximum Gasteiger partial charge on any atom is 0.338 e. The number of aliphatic hydroxyl groups excluding tert-OH is 3. The van der Waals surface area contributed by atoms with E-state index in [1.165, 1.54) is 0 Å². The van der Waals surface area contributed by atoms with E-state index in [4.69, 9.17) is 20.4 Å². The number of ether oxygens (including phenoxy) is 1. The van der Waals surface area contributed by atoms with Crippen molar-refractivity contribution in [2.75, 3.05) is 0 Å². The Morgan fingerprint density at radius 1 is 1.43 bits per heavy atom. The highest BCUT2D eigenvalue weighted by Gasteiger charge is 2.48. The van der Waals surface area contributed by atoms with Crippen LogP contribution in [0, 0.1) is 0 Å². The Bertz CT molecular complexity index is 238. The monoisotopic (exact) mass is 210 g/mol. The molecule has 0 amide bonds. The largest absolute Gasteiger partial charge is 0.479 e. The Kier molecular flexibility index (Phi) is 3.95. The summed E-state index contributed by atoms with van der Waals surface area (Å²) in [6.45, 7) is 0. The van der Waals surface area contributed by atoms with Gasteiger partial charge in [-0.15, -0.1) is 0 Å². The lowest BCUT2D eigenvalue weighted by atomic mass is 10.1. The number of carbonyl (C=O) groups is 2. The van der Waals surface area contributed by atoms with E-state index in [1.807, 2.05) is 0 Å². The molecule has 8 heteroatoms. The van der Waals surface area contributed by atoms with Gasteiger partial charge in [0.05, 0.1) is 0 Å². The molecule has 1 saturated heterocycles. The topological polar surface area (TPSA) is 156 Å². The highest BCUT2D eigenvalue weighted by Crippen LogP contribution is 2.18. The lowest BCUT2D eigenvalue weighted by Crippen LogP contribution is -2.42. The molecule has 0 aromatic carbocycles. The van der Waals surface area contributed by atoms with Crippen molar-refractivity contribution in [3.8, 4) is 0 Å². The quantitative estimate of drug-likeness (QED) is 0.341. The molecule has 4 atom stereocenters. The van der Waals surface area contributed by atoms with Gasteiger partial charge in [-0.25, -0.2) is 9.59 Å². The molecule has 1 rings (SSSR count). The predicted octanol–water partition coefficient (Wildman–Crippen LogP) is -3.75. The van der Waals surface area contributed by atoms with Crippen molar-refractivity contribution in [2.45, 2.75) is 24.4 Å². The van der Waals surface area contributed by atoms with Crippen LogP contribution in [0.4, 0.5) is 0 Å². The van der Waals surface area contributed by atoms with Gasteiger partial charge in [0, 0.05) is 0 Å². The fourth-order valence-corrected chi connectivity index (χ4v) is 0.984. The molecule has 0 spiro atoms. The number of carboxylic acid groups (broad SMARTS) is 1. The molecule has 0 aliphatic carbocycles. The van der Waals surface area contributed by atoms with E-state index >= 15 is 0 Å². The summed E-state index contributed by atoms with van der Waals surface area (Å²) in [5.74, 6) is -2.77. The Hall–Kier alpha value is -1.22. The molecule has 0 bridgehead atoms. The third-order valence-electron chi connectivity index (χ3n) is 1.72. The SMILES string of the molecule is O.O=C(O)C(O)[C@H]1OC(=O)[C@H](O)[C@H]1O. The van der Waals surface area contributed by atoms with Gasteiger partial charge in [0.2, 0.25) is 0 Å². The van der Waals surface area contributed by atoms with Crippen molar-refractivity contribution in [3.05, 3.63) is 0 Å². The van der Waals surface area contributed by atoms with E-state index in [9.17, 15) is 9.59 Å². The molecule has 0 radical (unpaired) electrons. The number of aliphatic carboxylic acids is 1. The number of hydrogen-bond donors (Lipinski definition) is 4. The van der Waals surface area contributed by atoms with E-state index in [1.54, 1.807) is 0 Å². The molecule has 0 aromatic rings. The summed E-state index contributed by atoms with van der Waals surface area (Å²) >= 11 is 0. The Labute approximate surface area is 77.7 Å². The zero-order valence-electron chi connectivity index (χ0n) is 6.82. The minimum Gasteiger partial charge on any atom is -0.479 e. The third kappa shape index (κ3) is 1.99. The number of esters is 1. The molecule has 82 valence electrons. The lowest BCUT2D eigenvalue weighted by Gasteiger charge is -2.15. The number of carboxylic acids is 1. The van der Waals surface area contributed by atoms with Gasteiger partial charge in [-0.05, 0) is 0 Å². The number of carbonyl (C=O) groups excluding carboxylic acids is 1. The van der Waals surface area contributed by atoms with Crippen molar-refractivity contribution < 1.29 is 40.2 Å². The first-order chi connectivity index (χ1) is 5.95. The minimum atomic E-state index is -2.03. The maximum absolute atomic E-state index is 10.6. The van der Waals surface area contributed by atoms with Crippen LogP contribution < -0.4 is 0 Å². The molecule has 6 N–H and O–H groups in total. The van der Waals surface area contributed by atoms with Crippen molar-refractivity contribution in [2.24, 2.45) is 0 Å².